The lowest BCUT2D eigenvalue weighted by Gasteiger charge is -2.42. The smallest absolute Gasteiger partial charge is 0.178 e. The molecule has 2 aliphatic heterocycles. The quantitative estimate of drug-likeness (QED) is 0.817. The van der Waals surface area contributed by atoms with Crippen LogP contribution in [0.4, 0.5) is 4.39 Å². The molecule has 0 spiro atoms. The van der Waals surface area contributed by atoms with E-state index in [9.17, 15) is 14.3 Å². The molecular formula is C26H26FNO3. The lowest BCUT2D eigenvalue weighted by Crippen LogP contribution is -2.52. The van der Waals surface area contributed by atoms with Crippen molar-refractivity contribution in [3.05, 3.63) is 76.1 Å². The molecule has 1 aliphatic carbocycles. The van der Waals surface area contributed by atoms with Crippen LogP contribution in [0.25, 0.3) is 11.3 Å². The van der Waals surface area contributed by atoms with Gasteiger partial charge >= 0.3 is 0 Å². The normalized spacial score (nSPS) is 21.1. The van der Waals surface area contributed by atoms with E-state index in [1.807, 2.05) is 25.1 Å². The molecule has 1 unspecified atom stereocenters. The number of fused-ring (bicyclic) bond motifs is 4. The summed E-state index contributed by atoms with van der Waals surface area (Å²) in [6.07, 6.45) is 6.01. The molecule has 2 aromatic carbocycles. The number of carbonyl (C=O) groups is 1. The fourth-order valence-corrected chi connectivity index (χ4v) is 5.20. The van der Waals surface area contributed by atoms with E-state index in [-0.39, 0.29) is 29.5 Å². The Morgan fingerprint density at radius 1 is 1.19 bits per heavy atom. The Hall–Kier alpha value is -3.08. The van der Waals surface area contributed by atoms with Crippen molar-refractivity contribution in [3.63, 3.8) is 0 Å². The predicted molar refractivity (Wildman–Crippen MR) is 117 cm³/mol. The second-order valence-corrected chi connectivity index (χ2v) is 8.54. The molecule has 0 amide bonds. The van der Waals surface area contributed by atoms with Crippen LogP contribution in [0.3, 0.4) is 0 Å². The number of ketones is 1. The first-order valence-electron chi connectivity index (χ1n) is 11.0. The number of hydrogen-bond donors (Lipinski definition) is 1. The van der Waals surface area contributed by atoms with Crippen molar-refractivity contribution in [2.75, 3.05) is 6.54 Å². The number of carbonyl (C=O) groups excluding carboxylic acids is 1. The van der Waals surface area contributed by atoms with Gasteiger partial charge in [-0.2, -0.15) is 0 Å². The highest BCUT2D eigenvalue weighted by Gasteiger charge is 2.35. The fourth-order valence-electron chi connectivity index (χ4n) is 5.20. The van der Waals surface area contributed by atoms with Gasteiger partial charge in [-0.05, 0) is 66.3 Å². The Bertz CT molecular complexity index is 1200. The first-order chi connectivity index (χ1) is 15.0. The average molecular weight is 419 g/mol. The molecular weight excluding hydrogens is 393 g/mol. The zero-order valence-corrected chi connectivity index (χ0v) is 17.6. The van der Waals surface area contributed by atoms with E-state index in [0.717, 1.165) is 47.4 Å². The van der Waals surface area contributed by atoms with Gasteiger partial charge in [0.1, 0.15) is 23.4 Å². The number of aliphatic hydroxyl groups is 1. The van der Waals surface area contributed by atoms with Crippen LogP contribution < -0.4 is 15.2 Å². The maximum atomic E-state index is 13.7. The summed E-state index contributed by atoms with van der Waals surface area (Å²) >= 11 is 0. The van der Waals surface area contributed by atoms with Crippen molar-refractivity contribution in [2.24, 2.45) is 0 Å². The largest absolute Gasteiger partial charge is 0.506 e. The molecule has 1 fully saturated rings. The van der Waals surface area contributed by atoms with Gasteiger partial charge in [-0.3, -0.25) is 4.79 Å². The second kappa shape index (κ2) is 7.88. The maximum absolute atomic E-state index is 13.7. The van der Waals surface area contributed by atoms with Gasteiger partial charge in [-0.15, -0.1) is 0 Å². The molecule has 1 N–H and O–H groups in total. The maximum Gasteiger partial charge on any atom is 0.178 e. The van der Waals surface area contributed by atoms with Crippen molar-refractivity contribution < 1.29 is 19.0 Å². The van der Waals surface area contributed by atoms with E-state index >= 15 is 0 Å². The topological polar surface area (TPSA) is 49.8 Å². The SMILES string of the molecule is CCC(Oc1ccc2c(c1)=C1C(O)=CC(=O)CN1[C@H]1CCCCC=21)c1cccc(F)c1. The van der Waals surface area contributed by atoms with Gasteiger partial charge < -0.3 is 14.7 Å². The summed E-state index contributed by atoms with van der Waals surface area (Å²) in [4.78, 5) is 14.3. The van der Waals surface area contributed by atoms with Crippen molar-refractivity contribution in [2.45, 2.75) is 51.2 Å². The highest BCUT2D eigenvalue weighted by molar-refractivity contribution is 5.97. The molecule has 0 bridgehead atoms. The first kappa shape index (κ1) is 19.9. The molecule has 2 aromatic rings. The minimum absolute atomic E-state index is 0.0245. The van der Waals surface area contributed by atoms with Crippen molar-refractivity contribution in [1.29, 1.82) is 0 Å². The van der Waals surface area contributed by atoms with Crippen LogP contribution in [0.5, 0.6) is 5.75 Å². The third kappa shape index (κ3) is 3.52. The summed E-state index contributed by atoms with van der Waals surface area (Å²) in [6, 6.07) is 12.7. The van der Waals surface area contributed by atoms with Gasteiger partial charge in [0.05, 0.1) is 18.3 Å². The Balaban J connectivity index is 1.63. The molecule has 1 saturated carbocycles. The number of benzene rings is 2. The zero-order chi connectivity index (χ0) is 21.5. The Labute approximate surface area is 181 Å². The van der Waals surface area contributed by atoms with E-state index in [0.29, 0.717) is 18.7 Å². The lowest BCUT2D eigenvalue weighted by molar-refractivity contribution is -0.115. The van der Waals surface area contributed by atoms with Gasteiger partial charge in [0.25, 0.3) is 0 Å². The number of rotatable bonds is 4. The van der Waals surface area contributed by atoms with E-state index < -0.39 is 0 Å². The monoisotopic (exact) mass is 419 g/mol. The van der Waals surface area contributed by atoms with Crippen LogP contribution in [0.15, 0.2) is 54.3 Å². The third-order valence-electron chi connectivity index (χ3n) is 6.57. The van der Waals surface area contributed by atoms with Crippen LogP contribution in [-0.2, 0) is 4.79 Å². The molecule has 2 heterocycles. The van der Waals surface area contributed by atoms with Crippen molar-refractivity contribution in [1.82, 2.24) is 4.90 Å². The molecule has 0 aromatic heterocycles. The van der Waals surface area contributed by atoms with Gasteiger partial charge in [-0.1, -0.05) is 31.5 Å². The Morgan fingerprint density at radius 3 is 2.87 bits per heavy atom. The van der Waals surface area contributed by atoms with Crippen molar-refractivity contribution in [3.8, 4) is 5.75 Å². The average Bonchev–Trinajstić information content (AvgIpc) is 2.77. The number of nitrogens with zero attached hydrogens (tertiary/aromatic N) is 1. The summed E-state index contributed by atoms with van der Waals surface area (Å²) in [5, 5.41) is 12.7. The molecule has 31 heavy (non-hydrogen) atoms. The number of ether oxygens (including phenoxy) is 1. The highest BCUT2D eigenvalue weighted by atomic mass is 19.1. The second-order valence-electron chi connectivity index (χ2n) is 8.54. The third-order valence-corrected chi connectivity index (χ3v) is 6.57. The van der Waals surface area contributed by atoms with E-state index in [2.05, 4.69) is 11.0 Å². The Kier molecular flexibility index (Phi) is 5.05. The minimum Gasteiger partial charge on any atom is -0.506 e. The van der Waals surface area contributed by atoms with Crippen molar-refractivity contribution >= 4 is 17.1 Å². The summed E-state index contributed by atoms with van der Waals surface area (Å²) in [7, 11) is 0. The molecule has 5 heteroatoms. The standard InChI is InChI=1S/C26H26FNO3/c1-2-25(16-6-5-7-17(27)12-16)31-19-10-11-20-21-8-3-4-9-23(21)28-15-18(29)13-24(30)26(28)22(20)14-19/h5-7,10-14,23,25,30H,2-4,8-9,15H2,1H3/t23-,25?/m0/s1. The molecule has 3 aliphatic rings. The van der Waals surface area contributed by atoms with Crippen LogP contribution in [0.1, 0.15) is 50.7 Å². The molecule has 5 rings (SSSR count). The van der Waals surface area contributed by atoms with Gasteiger partial charge in [0.15, 0.2) is 5.78 Å². The number of aliphatic hydroxyl groups excluding tert-OH is 1. The summed E-state index contributed by atoms with van der Waals surface area (Å²) in [5.41, 5.74) is 2.85. The Morgan fingerprint density at radius 2 is 2.06 bits per heavy atom. The highest BCUT2D eigenvalue weighted by Crippen LogP contribution is 2.35. The first-order valence-corrected chi connectivity index (χ1v) is 11.0. The molecule has 0 radical (unpaired) electrons. The summed E-state index contributed by atoms with van der Waals surface area (Å²) < 4.78 is 20.0. The molecule has 160 valence electrons. The summed E-state index contributed by atoms with van der Waals surface area (Å²) in [6.45, 7) is 2.30. The minimum atomic E-state index is -0.280. The fraction of sp³-hybridized carbons (Fsp3) is 0.346. The zero-order valence-electron chi connectivity index (χ0n) is 17.6. The van der Waals surface area contributed by atoms with E-state index in [1.165, 1.54) is 23.8 Å². The van der Waals surface area contributed by atoms with Crippen LogP contribution in [-0.4, -0.2) is 28.4 Å². The lowest BCUT2D eigenvalue weighted by atomic mass is 9.83. The van der Waals surface area contributed by atoms with Gasteiger partial charge in [-0.25, -0.2) is 4.39 Å². The molecule has 2 atom stereocenters. The molecule has 4 nitrogen and oxygen atoms in total. The van der Waals surface area contributed by atoms with E-state index in [4.69, 9.17) is 4.74 Å². The number of halogens is 1. The number of hydrogen-bond acceptors (Lipinski definition) is 4. The summed E-state index contributed by atoms with van der Waals surface area (Å²) in [5.74, 6) is 0.343. The van der Waals surface area contributed by atoms with Crippen LogP contribution in [0, 0.1) is 5.82 Å². The van der Waals surface area contributed by atoms with Crippen LogP contribution >= 0.6 is 0 Å². The van der Waals surface area contributed by atoms with Gasteiger partial charge in [0, 0.05) is 11.3 Å². The molecule has 0 saturated heterocycles. The van der Waals surface area contributed by atoms with E-state index in [1.54, 1.807) is 6.07 Å². The van der Waals surface area contributed by atoms with Crippen LogP contribution in [0.2, 0.25) is 0 Å². The predicted octanol–water partition coefficient (Wildman–Crippen LogP) is 3.90. The van der Waals surface area contributed by atoms with Gasteiger partial charge in [0.2, 0.25) is 0 Å².